The second kappa shape index (κ2) is 14.1. The van der Waals surface area contributed by atoms with E-state index in [1.165, 1.54) is 4.90 Å². The molecule has 0 aliphatic heterocycles. The SMILES string of the molecule is CCCCNC(=O)[C@@H](Cc1ccccc1)N(Cc1cccc(Br)c1)C(=O)CN(c1ccccc1)S(C)(=O)=O. The van der Waals surface area contributed by atoms with Crippen molar-refractivity contribution < 1.29 is 18.0 Å². The number of anilines is 1. The van der Waals surface area contributed by atoms with E-state index in [1.807, 2.05) is 61.5 Å². The van der Waals surface area contributed by atoms with Crippen LogP contribution in [0.3, 0.4) is 0 Å². The van der Waals surface area contributed by atoms with Crippen LogP contribution >= 0.6 is 15.9 Å². The molecule has 38 heavy (non-hydrogen) atoms. The zero-order valence-electron chi connectivity index (χ0n) is 21.7. The second-order valence-corrected chi connectivity index (χ2v) is 11.9. The van der Waals surface area contributed by atoms with Crippen LogP contribution in [0.4, 0.5) is 5.69 Å². The molecule has 202 valence electrons. The Morgan fingerprint density at radius 3 is 2.16 bits per heavy atom. The summed E-state index contributed by atoms with van der Waals surface area (Å²) in [6.45, 7) is 2.26. The summed E-state index contributed by atoms with van der Waals surface area (Å²) < 4.78 is 27.4. The number of halogens is 1. The number of nitrogens with one attached hydrogen (secondary N) is 1. The van der Waals surface area contributed by atoms with E-state index in [9.17, 15) is 18.0 Å². The Bertz CT molecular complexity index is 1300. The van der Waals surface area contributed by atoms with E-state index in [0.717, 1.165) is 39.0 Å². The summed E-state index contributed by atoms with van der Waals surface area (Å²) in [5, 5.41) is 2.98. The molecule has 0 bridgehead atoms. The predicted molar refractivity (Wildman–Crippen MR) is 155 cm³/mol. The lowest BCUT2D eigenvalue weighted by Gasteiger charge is -2.33. The largest absolute Gasteiger partial charge is 0.354 e. The van der Waals surface area contributed by atoms with Crippen LogP contribution in [-0.2, 0) is 32.6 Å². The number of amides is 2. The van der Waals surface area contributed by atoms with Crippen molar-refractivity contribution in [2.45, 2.75) is 38.8 Å². The van der Waals surface area contributed by atoms with Crippen LogP contribution in [0.15, 0.2) is 89.4 Å². The Hall–Kier alpha value is -3.17. The topological polar surface area (TPSA) is 86.8 Å². The molecule has 1 atom stereocenters. The van der Waals surface area contributed by atoms with Gasteiger partial charge < -0.3 is 10.2 Å². The van der Waals surface area contributed by atoms with Crippen LogP contribution in [0.2, 0.25) is 0 Å². The normalized spacial score (nSPS) is 12.0. The maximum absolute atomic E-state index is 14.0. The number of hydrogen-bond donors (Lipinski definition) is 1. The van der Waals surface area contributed by atoms with Gasteiger partial charge in [0.15, 0.2) is 0 Å². The molecule has 0 spiro atoms. The minimum atomic E-state index is -3.77. The fraction of sp³-hybridized carbons (Fsp3) is 0.310. The van der Waals surface area contributed by atoms with Crippen molar-refractivity contribution in [3.8, 4) is 0 Å². The standard InChI is InChI=1S/C29H34BrN3O4S/c1-3-4-18-31-29(35)27(20-23-12-7-5-8-13-23)32(21-24-14-11-15-25(30)19-24)28(34)22-33(38(2,36)37)26-16-9-6-10-17-26/h5-17,19,27H,3-4,18,20-22H2,1-2H3,(H,31,35)/t27-/m1/s1. The van der Waals surface area contributed by atoms with Crippen LogP contribution in [0, 0.1) is 0 Å². The minimum absolute atomic E-state index is 0.142. The molecule has 0 saturated carbocycles. The zero-order valence-corrected chi connectivity index (χ0v) is 24.1. The van der Waals surface area contributed by atoms with Crippen LogP contribution in [-0.4, -0.2) is 50.5 Å². The van der Waals surface area contributed by atoms with Gasteiger partial charge in [-0.2, -0.15) is 0 Å². The first-order valence-electron chi connectivity index (χ1n) is 12.6. The molecular formula is C29H34BrN3O4S. The van der Waals surface area contributed by atoms with Gasteiger partial charge in [-0.3, -0.25) is 13.9 Å². The van der Waals surface area contributed by atoms with Gasteiger partial charge in [-0.1, -0.05) is 89.9 Å². The molecule has 0 aromatic heterocycles. The number of carbonyl (C=O) groups is 2. The summed E-state index contributed by atoms with van der Waals surface area (Å²) >= 11 is 3.48. The number of hydrogen-bond acceptors (Lipinski definition) is 4. The van der Waals surface area contributed by atoms with Crippen LogP contribution in [0.5, 0.6) is 0 Å². The van der Waals surface area contributed by atoms with Crippen molar-refractivity contribution in [3.63, 3.8) is 0 Å². The molecule has 0 fully saturated rings. The molecule has 3 aromatic rings. The van der Waals surface area contributed by atoms with Crippen LogP contribution in [0.25, 0.3) is 0 Å². The fourth-order valence-electron chi connectivity index (χ4n) is 4.10. The van der Waals surface area contributed by atoms with Crippen molar-refractivity contribution in [2.24, 2.45) is 0 Å². The fourth-order valence-corrected chi connectivity index (χ4v) is 5.40. The third-order valence-corrected chi connectivity index (χ3v) is 7.70. The van der Waals surface area contributed by atoms with Gasteiger partial charge in [-0.15, -0.1) is 0 Å². The number of benzene rings is 3. The molecule has 1 N–H and O–H groups in total. The van der Waals surface area contributed by atoms with Crippen LogP contribution in [0.1, 0.15) is 30.9 Å². The number of unbranched alkanes of at least 4 members (excludes halogenated alkanes) is 1. The Balaban J connectivity index is 2.01. The highest BCUT2D eigenvalue weighted by atomic mass is 79.9. The van der Waals surface area contributed by atoms with Gasteiger partial charge in [0.05, 0.1) is 11.9 Å². The summed E-state index contributed by atoms with van der Waals surface area (Å²) in [5.41, 5.74) is 2.11. The monoisotopic (exact) mass is 599 g/mol. The van der Waals surface area contributed by atoms with E-state index < -0.39 is 28.5 Å². The second-order valence-electron chi connectivity index (χ2n) is 9.11. The maximum atomic E-state index is 14.0. The summed E-state index contributed by atoms with van der Waals surface area (Å²) in [6.07, 6.45) is 3.11. The van der Waals surface area contributed by atoms with Crippen molar-refractivity contribution in [1.29, 1.82) is 0 Å². The lowest BCUT2D eigenvalue weighted by Crippen LogP contribution is -2.53. The summed E-state index contributed by atoms with van der Waals surface area (Å²) in [5.74, 6) is -0.734. The molecule has 0 radical (unpaired) electrons. The molecule has 3 aromatic carbocycles. The van der Waals surface area contributed by atoms with Gasteiger partial charge >= 0.3 is 0 Å². The number of nitrogens with zero attached hydrogens (tertiary/aromatic N) is 2. The van der Waals surface area contributed by atoms with E-state index >= 15 is 0 Å². The summed E-state index contributed by atoms with van der Waals surface area (Å²) in [4.78, 5) is 29.0. The van der Waals surface area contributed by atoms with Gasteiger partial charge in [0.25, 0.3) is 0 Å². The molecule has 7 nitrogen and oxygen atoms in total. The summed E-state index contributed by atoms with van der Waals surface area (Å²) in [7, 11) is -3.77. The van der Waals surface area contributed by atoms with Crippen molar-refractivity contribution in [3.05, 3.63) is 101 Å². The third kappa shape index (κ3) is 8.70. The molecule has 2 amide bonds. The van der Waals surface area contributed by atoms with E-state index in [4.69, 9.17) is 0 Å². The Morgan fingerprint density at radius 1 is 0.921 bits per heavy atom. The highest BCUT2D eigenvalue weighted by Gasteiger charge is 2.32. The van der Waals surface area contributed by atoms with E-state index in [1.54, 1.807) is 30.3 Å². The highest BCUT2D eigenvalue weighted by molar-refractivity contribution is 9.10. The molecule has 9 heteroatoms. The van der Waals surface area contributed by atoms with E-state index in [2.05, 4.69) is 21.2 Å². The summed E-state index contributed by atoms with van der Waals surface area (Å²) in [6, 6.07) is 24.7. The molecule has 3 rings (SSSR count). The first kappa shape index (κ1) is 29.4. The quantitative estimate of drug-likeness (QED) is 0.287. The van der Waals surface area contributed by atoms with E-state index in [-0.39, 0.29) is 12.5 Å². The first-order valence-corrected chi connectivity index (χ1v) is 15.2. The van der Waals surface area contributed by atoms with E-state index in [0.29, 0.717) is 18.7 Å². The minimum Gasteiger partial charge on any atom is -0.354 e. The zero-order chi connectivity index (χ0) is 27.5. The van der Waals surface area contributed by atoms with Crippen molar-refractivity contribution in [1.82, 2.24) is 10.2 Å². The first-order chi connectivity index (χ1) is 18.2. The predicted octanol–water partition coefficient (Wildman–Crippen LogP) is 4.77. The molecule has 0 saturated heterocycles. The molecule has 0 aliphatic carbocycles. The lowest BCUT2D eigenvalue weighted by atomic mass is 10.0. The Morgan fingerprint density at radius 2 is 1.55 bits per heavy atom. The lowest BCUT2D eigenvalue weighted by molar-refractivity contribution is -0.140. The molecule has 0 heterocycles. The number of sulfonamides is 1. The molecule has 0 aliphatic rings. The van der Waals surface area contributed by atoms with Gasteiger partial charge in [0.2, 0.25) is 21.8 Å². The van der Waals surface area contributed by atoms with Crippen molar-refractivity contribution >= 4 is 43.5 Å². The number of carbonyl (C=O) groups excluding carboxylic acids is 2. The van der Waals surface area contributed by atoms with Gasteiger partial charge in [-0.25, -0.2) is 8.42 Å². The van der Waals surface area contributed by atoms with Crippen molar-refractivity contribution in [2.75, 3.05) is 23.7 Å². The third-order valence-electron chi connectivity index (χ3n) is 6.07. The van der Waals surface area contributed by atoms with Crippen LogP contribution < -0.4 is 9.62 Å². The average Bonchev–Trinajstić information content (AvgIpc) is 2.89. The van der Waals surface area contributed by atoms with Gasteiger partial charge in [0, 0.05) is 24.0 Å². The highest BCUT2D eigenvalue weighted by Crippen LogP contribution is 2.21. The Labute approximate surface area is 234 Å². The van der Waals surface area contributed by atoms with Gasteiger partial charge in [0.1, 0.15) is 12.6 Å². The molecule has 0 unspecified atom stereocenters. The molecular weight excluding hydrogens is 566 g/mol. The number of rotatable bonds is 13. The smallest absolute Gasteiger partial charge is 0.244 e. The maximum Gasteiger partial charge on any atom is 0.244 e. The number of para-hydroxylation sites is 1. The average molecular weight is 601 g/mol. The Kier molecular flexibility index (Phi) is 10.9. The van der Waals surface area contributed by atoms with Gasteiger partial charge in [-0.05, 0) is 41.8 Å².